The largest absolute Gasteiger partial charge is 0.494 e. The van der Waals surface area contributed by atoms with Crippen LogP contribution in [0.4, 0.5) is 5.69 Å². The Morgan fingerprint density at radius 2 is 1.44 bits per heavy atom. The van der Waals surface area contributed by atoms with Crippen LogP contribution in [-0.2, 0) is 4.79 Å². The number of carbonyl (C=O) groups excluding carboxylic acids is 1. The lowest BCUT2D eigenvalue weighted by molar-refractivity contribution is -0.113. The van der Waals surface area contributed by atoms with Crippen LogP contribution in [0.1, 0.15) is 17.5 Å². The van der Waals surface area contributed by atoms with Crippen molar-refractivity contribution in [2.24, 2.45) is 0 Å². The van der Waals surface area contributed by atoms with Crippen molar-refractivity contribution in [3.05, 3.63) is 88.8 Å². The van der Waals surface area contributed by atoms with E-state index in [1.165, 1.54) is 17.3 Å². The lowest BCUT2D eigenvalue weighted by Gasteiger charge is -2.32. The van der Waals surface area contributed by atoms with Gasteiger partial charge in [-0.15, -0.1) is 24.8 Å². The molecule has 2 heterocycles. The molecule has 2 aliphatic heterocycles. The standard InChI is InChI=1S/C31H33N3O3S2.2ClH/c1-23-4-10-27(11-5-23)37-28-12-6-24(7-13-28)22-29-30(35)34(31(38)39-29)25-8-14-26(15-9-25)36-21-3-16-33-19-17-32(2)18-20-33;;/h4-15,22H,3,16-21H2,1-2H3;2*1H. The van der Waals surface area contributed by atoms with Crippen LogP contribution in [-0.4, -0.2) is 66.4 Å². The Morgan fingerprint density at radius 3 is 2.07 bits per heavy atom. The van der Waals surface area contributed by atoms with Gasteiger partial charge in [0.05, 0.1) is 17.2 Å². The number of thiocarbonyl (C=S) groups is 1. The first-order valence-electron chi connectivity index (χ1n) is 13.2. The number of rotatable bonds is 9. The Hall–Kier alpha value is -2.59. The quantitative estimate of drug-likeness (QED) is 0.142. The van der Waals surface area contributed by atoms with Crippen LogP contribution >= 0.6 is 48.8 Å². The number of hydrogen-bond acceptors (Lipinski definition) is 7. The zero-order valence-corrected chi connectivity index (χ0v) is 26.4. The van der Waals surface area contributed by atoms with E-state index < -0.39 is 0 Å². The van der Waals surface area contributed by atoms with Gasteiger partial charge >= 0.3 is 0 Å². The highest BCUT2D eigenvalue weighted by atomic mass is 35.5. The number of anilines is 1. The molecule has 1 amide bonds. The molecule has 0 radical (unpaired) electrons. The van der Waals surface area contributed by atoms with E-state index in [2.05, 4.69) is 16.8 Å². The fraction of sp³-hybridized carbons (Fsp3) is 0.290. The second-order valence-electron chi connectivity index (χ2n) is 9.84. The summed E-state index contributed by atoms with van der Waals surface area (Å²) in [7, 11) is 2.17. The molecule has 5 rings (SSSR count). The van der Waals surface area contributed by atoms with E-state index in [0.29, 0.717) is 15.8 Å². The Bertz CT molecular complexity index is 1330. The van der Waals surface area contributed by atoms with Crippen molar-refractivity contribution in [3.8, 4) is 17.2 Å². The van der Waals surface area contributed by atoms with E-state index in [1.807, 2.05) is 85.8 Å². The van der Waals surface area contributed by atoms with Crippen LogP contribution in [0.15, 0.2) is 77.7 Å². The second kappa shape index (κ2) is 15.6. The molecule has 2 aliphatic rings. The minimum Gasteiger partial charge on any atom is -0.494 e. The first kappa shape index (κ1) is 32.9. The smallest absolute Gasteiger partial charge is 0.270 e. The SMILES string of the molecule is Cc1ccc(Oc2ccc(C=C3SC(=S)N(c4ccc(OCCCN5CCN(C)CC5)cc4)C3=O)cc2)cc1.Cl.Cl. The van der Waals surface area contributed by atoms with Gasteiger partial charge < -0.3 is 19.3 Å². The van der Waals surface area contributed by atoms with Gasteiger partial charge in [-0.25, -0.2) is 0 Å². The number of carbonyl (C=O) groups is 1. The number of thioether (sulfide) groups is 1. The molecule has 2 fully saturated rings. The Balaban J connectivity index is 0.00000231. The molecule has 218 valence electrons. The van der Waals surface area contributed by atoms with Crippen molar-refractivity contribution in [1.82, 2.24) is 9.80 Å². The molecule has 10 heteroatoms. The first-order valence-corrected chi connectivity index (χ1v) is 14.4. The second-order valence-corrected chi connectivity index (χ2v) is 11.5. The summed E-state index contributed by atoms with van der Waals surface area (Å²) in [6, 6.07) is 23.2. The molecule has 0 aliphatic carbocycles. The highest BCUT2D eigenvalue weighted by Crippen LogP contribution is 2.36. The third-order valence-electron chi connectivity index (χ3n) is 6.81. The highest BCUT2D eigenvalue weighted by molar-refractivity contribution is 8.27. The van der Waals surface area contributed by atoms with Gasteiger partial charge in [0.1, 0.15) is 17.2 Å². The van der Waals surface area contributed by atoms with Crippen molar-refractivity contribution in [3.63, 3.8) is 0 Å². The summed E-state index contributed by atoms with van der Waals surface area (Å²) in [6.07, 6.45) is 2.86. The molecule has 0 N–H and O–H groups in total. The molecule has 3 aromatic carbocycles. The Labute approximate surface area is 264 Å². The average molecular weight is 633 g/mol. The van der Waals surface area contributed by atoms with Gasteiger partial charge in [0, 0.05) is 32.7 Å². The number of benzene rings is 3. The summed E-state index contributed by atoms with van der Waals surface area (Å²) >= 11 is 6.86. The lowest BCUT2D eigenvalue weighted by atomic mass is 10.2. The summed E-state index contributed by atoms with van der Waals surface area (Å²) in [6.45, 7) is 8.27. The van der Waals surface area contributed by atoms with Gasteiger partial charge in [-0.2, -0.15) is 0 Å². The minimum absolute atomic E-state index is 0. The number of piperazine rings is 1. The average Bonchev–Trinajstić information content (AvgIpc) is 3.22. The van der Waals surface area contributed by atoms with Gasteiger partial charge in [-0.05, 0) is 80.6 Å². The fourth-order valence-electron chi connectivity index (χ4n) is 4.46. The van der Waals surface area contributed by atoms with E-state index in [0.717, 1.165) is 67.6 Å². The van der Waals surface area contributed by atoms with Crippen LogP contribution < -0.4 is 14.4 Å². The maximum atomic E-state index is 13.2. The molecule has 2 saturated heterocycles. The van der Waals surface area contributed by atoms with Crippen molar-refractivity contribution >= 4 is 70.8 Å². The first-order chi connectivity index (χ1) is 18.9. The van der Waals surface area contributed by atoms with Gasteiger partial charge in [-0.3, -0.25) is 9.69 Å². The van der Waals surface area contributed by atoms with Crippen molar-refractivity contribution in [2.45, 2.75) is 13.3 Å². The summed E-state index contributed by atoms with van der Waals surface area (Å²) in [5.41, 5.74) is 2.84. The van der Waals surface area contributed by atoms with E-state index >= 15 is 0 Å². The number of nitrogens with zero attached hydrogens (tertiary/aromatic N) is 3. The number of hydrogen-bond donors (Lipinski definition) is 0. The van der Waals surface area contributed by atoms with Crippen LogP contribution in [0.25, 0.3) is 6.08 Å². The highest BCUT2D eigenvalue weighted by Gasteiger charge is 2.33. The number of ether oxygens (including phenoxy) is 2. The number of halogens is 2. The normalized spacial score (nSPS) is 16.8. The molecule has 3 aromatic rings. The van der Waals surface area contributed by atoms with Gasteiger partial charge in [-0.1, -0.05) is 53.8 Å². The molecular formula is C31H35Cl2N3O3S2. The summed E-state index contributed by atoms with van der Waals surface area (Å²) < 4.78 is 12.4. The fourth-order valence-corrected chi connectivity index (χ4v) is 5.76. The predicted octanol–water partition coefficient (Wildman–Crippen LogP) is 7.05. The topological polar surface area (TPSA) is 45.3 Å². The van der Waals surface area contributed by atoms with Crippen LogP contribution in [0.3, 0.4) is 0 Å². The maximum Gasteiger partial charge on any atom is 0.270 e. The maximum absolute atomic E-state index is 13.2. The summed E-state index contributed by atoms with van der Waals surface area (Å²) in [5.74, 6) is 2.21. The van der Waals surface area contributed by atoms with E-state index in [-0.39, 0.29) is 30.7 Å². The van der Waals surface area contributed by atoms with E-state index in [9.17, 15) is 4.79 Å². The molecule has 0 atom stereocenters. The molecule has 0 bridgehead atoms. The van der Waals surface area contributed by atoms with Gasteiger partial charge in [0.25, 0.3) is 5.91 Å². The van der Waals surface area contributed by atoms with E-state index in [1.54, 1.807) is 4.90 Å². The zero-order valence-electron chi connectivity index (χ0n) is 23.2. The zero-order chi connectivity index (χ0) is 27.2. The molecule has 0 spiro atoms. The molecule has 41 heavy (non-hydrogen) atoms. The van der Waals surface area contributed by atoms with Crippen molar-refractivity contribution < 1.29 is 14.3 Å². The number of aryl methyl sites for hydroxylation is 1. The predicted molar refractivity (Wildman–Crippen MR) is 178 cm³/mol. The molecular weight excluding hydrogens is 597 g/mol. The number of likely N-dealkylation sites (N-methyl/N-ethyl adjacent to an activating group) is 1. The van der Waals surface area contributed by atoms with Gasteiger partial charge in [0.15, 0.2) is 4.32 Å². The lowest BCUT2D eigenvalue weighted by Crippen LogP contribution is -2.44. The molecule has 6 nitrogen and oxygen atoms in total. The monoisotopic (exact) mass is 631 g/mol. The van der Waals surface area contributed by atoms with Crippen LogP contribution in [0.2, 0.25) is 0 Å². The third kappa shape index (κ3) is 8.95. The molecule has 0 aromatic heterocycles. The Morgan fingerprint density at radius 1 is 0.854 bits per heavy atom. The minimum atomic E-state index is -0.120. The number of amides is 1. The van der Waals surface area contributed by atoms with Gasteiger partial charge in [0.2, 0.25) is 0 Å². The molecule has 0 saturated carbocycles. The van der Waals surface area contributed by atoms with Crippen molar-refractivity contribution in [1.29, 1.82) is 0 Å². The van der Waals surface area contributed by atoms with Crippen molar-refractivity contribution in [2.75, 3.05) is 51.3 Å². The Kier molecular flexibility index (Phi) is 12.5. The summed E-state index contributed by atoms with van der Waals surface area (Å²) in [5, 5.41) is 0. The van der Waals surface area contributed by atoms with Crippen LogP contribution in [0, 0.1) is 6.92 Å². The molecule has 0 unspecified atom stereocenters. The third-order valence-corrected chi connectivity index (χ3v) is 8.11. The summed E-state index contributed by atoms with van der Waals surface area (Å²) in [4.78, 5) is 20.2. The van der Waals surface area contributed by atoms with Crippen LogP contribution in [0.5, 0.6) is 17.2 Å². The van der Waals surface area contributed by atoms with E-state index in [4.69, 9.17) is 21.7 Å².